The Kier molecular flexibility index (Phi) is 4.45. The molecule has 1 atom stereocenters. The molecule has 0 amide bonds. The smallest absolute Gasteiger partial charge is 0.241 e. The van der Waals surface area contributed by atoms with Crippen molar-refractivity contribution >= 4 is 6.08 Å². The van der Waals surface area contributed by atoms with E-state index in [0.717, 1.165) is 11.1 Å². The normalized spacial score (nSPS) is 12.4. The van der Waals surface area contributed by atoms with Gasteiger partial charge in [0.1, 0.15) is 0 Å². The molecule has 0 fully saturated rings. The molecule has 0 bridgehead atoms. The van der Waals surface area contributed by atoms with Crippen molar-refractivity contribution in [3.63, 3.8) is 0 Å². The maximum Gasteiger partial charge on any atom is 0.241 e. The molecule has 0 aliphatic carbocycles. The van der Waals surface area contributed by atoms with E-state index in [9.17, 15) is 10.1 Å². The van der Waals surface area contributed by atoms with E-state index in [1.54, 1.807) is 12.1 Å². The minimum atomic E-state index is -0.679. The van der Waals surface area contributed by atoms with Crippen LogP contribution in [0.2, 0.25) is 0 Å². The molecule has 3 nitrogen and oxygen atoms in total. The first-order chi connectivity index (χ1) is 9.27. The van der Waals surface area contributed by atoms with Gasteiger partial charge in [0.25, 0.3) is 0 Å². The summed E-state index contributed by atoms with van der Waals surface area (Å²) in [7, 11) is 0. The van der Waals surface area contributed by atoms with Gasteiger partial charge in [0.15, 0.2) is 0 Å². The Labute approximate surface area is 112 Å². The van der Waals surface area contributed by atoms with Gasteiger partial charge in [-0.25, -0.2) is 0 Å². The van der Waals surface area contributed by atoms with Crippen LogP contribution in [0, 0.1) is 10.1 Å². The van der Waals surface area contributed by atoms with E-state index in [0.29, 0.717) is 6.42 Å². The molecule has 3 heteroatoms. The molecule has 0 saturated heterocycles. The fourth-order valence-corrected chi connectivity index (χ4v) is 1.92. The lowest BCUT2D eigenvalue weighted by molar-refractivity contribution is -0.528. The highest BCUT2D eigenvalue weighted by Gasteiger charge is 2.20. The van der Waals surface area contributed by atoms with E-state index in [2.05, 4.69) is 0 Å². The highest BCUT2D eigenvalue weighted by atomic mass is 16.6. The SMILES string of the molecule is O=[N+]([O-])C(C/C=C/c1ccccc1)c1ccccc1. The second kappa shape index (κ2) is 6.50. The Bertz CT molecular complexity index is 549. The van der Waals surface area contributed by atoms with Crippen LogP contribution in [0.4, 0.5) is 0 Å². The van der Waals surface area contributed by atoms with Gasteiger partial charge in [0, 0.05) is 16.9 Å². The third-order valence-electron chi connectivity index (χ3n) is 2.91. The van der Waals surface area contributed by atoms with Crippen molar-refractivity contribution in [2.45, 2.75) is 12.5 Å². The summed E-state index contributed by atoms with van der Waals surface area (Å²) in [6.45, 7) is 0. The first kappa shape index (κ1) is 13.0. The van der Waals surface area contributed by atoms with Crippen molar-refractivity contribution in [3.8, 4) is 0 Å². The second-order valence-electron chi connectivity index (χ2n) is 4.26. The quantitative estimate of drug-likeness (QED) is 0.594. The fraction of sp³-hybridized carbons (Fsp3) is 0.125. The number of nitro groups is 1. The number of rotatable bonds is 5. The van der Waals surface area contributed by atoms with Gasteiger partial charge in [-0.3, -0.25) is 10.1 Å². The molecule has 2 aromatic carbocycles. The van der Waals surface area contributed by atoms with Gasteiger partial charge in [-0.15, -0.1) is 0 Å². The monoisotopic (exact) mass is 253 g/mol. The predicted octanol–water partition coefficient (Wildman–Crippen LogP) is 4.11. The van der Waals surface area contributed by atoms with Crippen LogP contribution in [-0.4, -0.2) is 4.92 Å². The largest absolute Gasteiger partial charge is 0.264 e. The molecule has 0 aliphatic heterocycles. The van der Waals surface area contributed by atoms with Gasteiger partial charge in [-0.1, -0.05) is 72.8 Å². The minimum absolute atomic E-state index is 0.231. The number of benzene rings is 2. The molecular formula is C16H15NO2. The lowest BCUT2D eigenvalue weighted by Crippen LogP contribution is -2.09. The van der Waals surface area contributed by atoms with Crippen LogP contribution >= 0.6 is 0 Å². The summed E-state index contributed by atoms with van der Waals surface area (Å²) in [5, 5.41) is 11.1. The molecule has 2 rings (SSSR count). The Morgan fingerprint density at radius 1 is 1.00 bits per heavy atom. The van der Waals surface area contributed by atoms with Gasteiger partial charge in [-0.2, -0.15) is 0 Å². The molecular weight excluding hydrogens is 238 g/mol. The van der Waals surface area contributed by atoms with Crippen LogP contribution in [0.5, 0.6) is 0 Å². The topological polar surface area (TPSA) is 43.1 Å². The predicted molar refractivity (Wildman–Crippen MR) is 76.3 cm³/mol. The molecule has 19 heavy (non-hydrogen) atoms. The zero-order chi connectivity index (χ0) is 13.5. The van der Waals surface area contributed by atoms with Crippen LogP contribution in [0.1, 0.15) is 23.6 Å². The highest BCUT2D eigenvalue weighted by molar-refractivity contribution is 5.48. The maximum atomic E-state index is 11.1. The van der Waals surface area contributed by atoms with Gasteiger partial charge >= 0.3 is 0 Å². The summed E-state index contributed by atoms with van der Waals surface area (Å²) in [4.78, 5) is 10.9. The molecule has 0 radical (unpaired) electrons. The molecule has 1 unspecified atom stereocenters. The highest BCUT2D eigenvalue weighted by Crippen LogP contribution is 2.21. The van der Waals surface area contributed by atoms with Crippen molar-refractivity contribution in [2.75, 3.05) is 0 Å². The first-order valence-electron chi connectivity index (χ1n) is 6.17. The molecule has 0 saturated carbocycles. The average Bonchev–Trinajstić information content (AvgIpc) is 2.45. The van der Waals surface area contributed by atoms with E-state index in [1.165, 1.54) is 0 Å². The van der Waals surface area contributed by atoms with Crippen molar-refractivity contribution in [1.82, 2.24) is 0 Å². The van der Waals surface area contributed by atoms with Crippen LogP contribution in [-0.2, 0) is 0 Å². The van der Waals surface area contributed by atoms with Crippen LogP contribution in [0.3, 0.4) is 0 Å². The van der Waals surface area contributed by atoms with E-state index in [-0.39, 0.29) is 4.92 Å². The number of hydrogen-bond donors (Lipinski definition) is 0. The summed E-state index contributed by atoms with van der Waals surface area (Å²) in [6.07, 6.45) is 4.17. The van der Waals surface area contributed by atoms with E-state index in [1.807, 2.05) is 60.7 Å². The Morgan fingerprint density at radius 2 is 1.58 bits per heavy atom. The van der Waals surface area contributed by atoms with Crippen molar-refractivity contribution in [1.29, 1.82) is 0 Å². The minimum Gasteiger partial charge on any atom is -0.264 e. The molecule has 0 heterocycles. The molecule has 2 aromatic rings. The van der Waals surface area contributed by atoms with E-state index < -0.39 is 6.04 Å². The third-order valence-corrected chi connectivity index (χ3v) is 2.91. The average molecular weight is 253 g/mol. The molecule has 0 N–H and O–H groups in total. The molecule has 0 aliphatic rings. The van der Waals surface area contributed by atoms with E-state index in [4.69, 9.17) is 0 Å². The zero-order valence-electron chi connectivity index (χ0n) is 10.5. The number of hydrogen-bond acceptors (Lipinski definition) is 2. The van der Waals surface area contributed by atoms with Crippen LogP contribution in [0.15, 0.2) is 66.7 Å². The van der Waals surface area contributed by atoms with Gasteiger partial charge in [-0.05, 0) is 5.56 Å². The Hall–Kier alpha value is -2.42. The summed E-state index contributed by atoms with van der Waals surface area (Å²) in [5.41, 5.74) is 1.79. The second-order valence-corrected chi connectivity index (χ2v) is 4.26. The van der Waals surface area contributed by atoms with Gasteiger partial charge < -0.3 is 0 Å². The van der Waals surface area contributed by atoms with Gasteiger partial charge in [0.2, 0.25) is 6.04 Å². The van der Waals surface area contributed by atoms with Crippen LogP contribution < -0.4 is 0 Å². The van der Waals surface area contributed by atoms with Crippen molar-refractivity contribution in [2.24, 2.45) is 0 Å². The lowest BCUT2D eigenvalue weighted by atomic mass is 10.0. The van der Waals surface area contributed by atoms with Crippen molar-refractivity contribution in [3.05, 3.63) is 88.0 Å². The Balaban J connectivity index is 2.07. The number of nitrogens with zero attached hydrogens (tertiary/aromatic N) is 1. The Morgan fingerprint density at radius 3 is 2.16 bits per heavy atom. The summed E-state index contributed by atoms with van der Waals surface area (Å²) >= 11 is 0. The third kappa shape index (κ3) is 3.78. The zero-order valence-corrected chi connectivity index (χ0v) is 10.5. The fourth-order valence-electron chi connectivity index (χ4n) is 1.92. The molecule has 0 aromatic heterocycles. The van der Waals surface area contributed by atoms with E-state index >= 15 is 0 Å². The molecule has 0 spiro atoms. The lowest BCUT2D eigenvalue weighted by Gasteiger charge is -2.06. The maximum absolute atomic E-state index is 11.1. The molecule has 96 valence electrons. The standard InChI is InChI=1S/C16H15NO2/c18-17(19)16(15-11-5-2-6-12-15)13-7-10-14-8-3-1-4-9-14/h1-12,16H,13H2/b10-7+. The van der Waals surface area contributed by atoms with Crippen molar-refractivity contribution < 1.29 is 4.92 Å². The summed E-state index contributed by atoms with van der Waals surface area (Å²) in [6, 6.07) is 18.2. The first-order valence-corrected chi connectivity index (χ1v) is 6.17. The summed E-state index contributed by atoms with van der Waals surface area (Å²) < 4.78 is 0. The summed E-state index contributed by atoms with van der Waals surface area (Å²) in [5.74, 6) is 0. The van der Waals surface area contributed by atoms with Gasteiger partial charge in [0.05, 0.1) is 0 Å². The van der Waals surface area contributed by atoms with Crippen LogP contribution in [0.25, 0.3) is 6.08 Å².